The maximum atomic E-state index is 6.06. The van der Waals surface area contributed by atoms with Crippen LogP contribution in [0, 0.1) is 3.57 Å². The molecule has 0 radical (unpaired) electrons. The first-order chi connectivity index (χ1) is 6.70. The van der Waals surface area contributed by atoms with Gasteiger partial charge in [-0.25, -0.2) is 10.8 Å². The molecule has 0 saturated heterocycles. The molecule has 1 aromatic heterocycles. The number of hydrogen-bond acceptors (Lipinski definition) is 3. The van der Waals surface area contributed by atoms with Crippen molar-refractivity contribution < 1.29 is 0 Å². The zero-order valence-corrected chi connectivity index (χ0v) is 10.0. The zero-order chi connectivity index (χ0) is 10.1. The minimum absolute atomic E-state index is 0.612. The van der Waals surface area contributed by atoms with Crippen molar-refractivity contribution in [2.45, 2.75) is 0 Å². The summed E-state index contributed by atoms with van der Waals surface area (Å²) in [5, 5.41) is 1.66. The first kappa shape index (κ1) is 9.95. The van der Waals surface area contributed by atoms with Gasteiger partial charge in [-0.15, -0.1) is 0 Å². The second-order valence-corrected chi connectivity index (χ2v) is 4.45. The molecule has 0 aliphatic heterocycles. The van der Waals surface area contributed by atoms with Crippen LogP contribution in [-0.2, 0) is 0 Å². The predicted octanol–water partition coefficient (Wildman–Crippen LogP) is 2.78. The van der Waals surface area contributed by atoms with Crippen molar-refractivity contribution in [3.8, 4) is 0 Å². The number of hydrazine groups is 1. The van der Waals surface area contributed by atoms with Crippen LogP contribution < -0.4 is 11.3 Å². The van der Waals surface area contributed by atoms with Gasteiger partial charge in [-0.2, -0.15) is 0 Å². The van der Waals surface area contributed by atoms with Crippen molar-refractivity contribution in [3.63, 3.8) is 0 Å². The van der Waals surface area contributed by atoms with Gasteiger partial charge in [0.15, 0.2) is 0 Å². The van der Waals surface area contributed by atoms with Gasteiger partial charge in [0, 0.05) is 8.96 Å². The van der Waals surface area contributed by atoms with E-state index in [4.69, 9.17) is 17.4 Å². The van der Waals surface area contributed by atoms with Crippen LogP contribution in [0.3, 0.4) is 0 Å². The van der Waals surface area contributed by atoms with E-state index in [0.29, 0.717) is 10.8 Å². The molecule has 0 unspecified atom stereocenters. The molecule has 0 aliphatic rings. The number of hydrogen-bond donors (Lipinski definition) is 2. The van der Waals surface area contributed by atoms with Crippen molar-refractivity contribution in [1.82, 2.24) is 4.98 Å². The number of nitrogens with two attached hydrogens (primary N) is 1. The van der Waals surface area contributed by atoms with Crippen LogP contribution in [0.4, 0.5) is 5.82 Å². The molecule has 2 aromatic rings. The normalized spacial score (nSPS) is 10.5. The van der Waals surface area contributed by atoms with E-state index in [2.05, 4.69) is 33.0 Å². The predicted molar refractivity (Wildman–Crippen MR) is 67.3 cm³/mol. The molecule has 72 valence electrons. The lowest BCUT2D eigenvalue weighted by molar-refractivity contribution is 1.26. The Morgan fingerprint density at radius 1 is 1.36 bits per heavy atom. The largest absolute Gasteiger partial charge is 0.308 e. The molecule has 0 amide bonds. The Bertz CT molecular complexity index is 487. The number of halogens is 2. The molecular weight excluding hydrogens is 312 g/mol. The van der Waals surface area contributed by atoms with Crippen LogP contribution in [0.25, 0.3) is 10.9 Å². The fourth-order valence-corrected chi connectivity index (χ4v) is 2.34. The van der Waals surface area contributed by atoms with Gasteiger partial charge in [-0.1, -0.05) is 11.6 Å². The SMILES string of the molecule is NNc1ccc2cc(I)cc(Cl)c2n1. The Labute approximate surface area is 99.8 Å². The Morgan fingerprint density at radius 2 is 2.14 bits per heavy atom. The number of nitrogens with zero attached hydrogens (tertiary/aromatic N) is 1. The lowest BCUT2D eigenvalue weighted by Gasteiger charge is -2.03. The summed E-state index contributed by atoms with van der Waals surface area (Å²) in [5.41, 5.74) is 3.26. The number of pyridine rings is 1. The molecular formula is C9H7ClIN3. The van der Waals surface area contributed by atoms with E-state index in [1.807, 2.05) is 24.3 Å². The van der Waals surface area contributed by atoms with Crippen LogP contribution in [0.1, 0.15) is 0 Å². The average molecular weight is 320 g/mol. The summed E-state index contributed by atoms with van der Waals surface area (Å²) in [6, 6.07) is 7.65. The molecule has 2 rings (SSSR count). The fraction of sp³-hybridized carbons (Fsp3) is 0. The van der Waals surface area contributed by atoms with Gasteiger partial charge >= 0.3 is 0 Å². The number of anilines is 1. The molecule has 5 heteroatoms. The Balaban J connectivity index is 2.75. The van der Waals surface area contributed by atoms with Gasteiger partial charge in [0.1, 0.15) is 5.82 Å². The lowest BCUT2D eigenvalue weighted by Crippen LogP contribution is -2.08. The summed E-state index contributed by atoms with van der Waals surface area (Å²) in [6.45, 7) is 0. The molecule has 0 bridgehead atoms. The first-order valence-electron chi connectivity index (χ1n) is 3.93. The number of nitrogen functional groups attached to an aromatic ring is 1. The lowest BCUT2D eigenvalue weighted by atomic mass is 10.2. The van der Waals surface area contributed by atoms with Gasteiger partial charge in [0.05, 0.1) is 10.5 Å². The molecule has 14 heavy (non-hydrogen) atoms. The van der Waals surface area contributed by atoms with E-state index >= 15 is 0 Å². The molecule has 0 atom stereocenters. The Hall–Kier alpha value is -0.590. The van der Waals surface area contributed by atoms with Crippen LogP contribution >= 0.6 is 34.2 Å². The molecule has 0 saturated carbocycles. The van der Waals surface area contributed by atoms with Crippen LogP contribution in [0.15, 0.2) is 24.3 Å². The average Bonchev–Trinajstić information content (AvgIpc) is 2.17. The third kappa shape index (κ3) is 1.77. The Morgan fingerprint density at radius 3 is 2.86 bits per heavy atom. The quantitative estimate of drug-likeness (QED) is 0.483. The maximum absolute atomic E-state index is 6.06. The smallest absolute Gasteiger partial charge is 0.140 e. The van der Waals surface area contributed by atoms with E-state index in [-0.39, 0.29) is 0 Å². The molecule has 1 aromatic carbocycles. The van der Waals surface area contributed by atoms with E-state index in [0.717, 1.165) is 14.5 Å². The third-order valence-electron chi connectivity index (χ3n) is 1.86. The first-order valence-corrected chi connectivity index (χ1v) is 5.39. The minimum atomic E-state index is 0.612. The fourth-order valence-electron chi connectivity index (χ4n) is 1.24. The van der Waals surface area contributed by atoms with Crippen LogP contribution in [-0.4, -0.2) is 4.98 Å². The number of benzene rings is 1. The molecule has 1 heterocycles. The van der Waals surface area contributed by atoms with Gasteiger partial charge in [0.25, 0.3) is 0 Å². The molecule has 0 aliphatic carbocycles. The van der Waals surface area contributed by atoms with Crippen LogP contribution in [0.5, 0.6) is 0 Å². The standard InChI is InChI=1S/C9H7ClIN3/c10-7-4-6(11)3-5-1-2-8(14-12)13-9(5)7/h1-4H,12H2,(H,13,14). The summed E-state index contributed by atoms with van der Waals surface area (Å²) in [5.74, 6) is 5.88. The summed E-state index contributed by atoms with van der Waals surface area (Å²) < 4.78 is 1.09. The highest BCUT2D eigenvalue weighted by atomic mass is 127. The van der Waals surface area contributed by atoms with Gasteiger partial charge < -0.3 is 5.43 Å². The van der Waals surface area contributed by atoms with Crippen molar-refractivity contribution >= 4 is 50.9 Å². The molecule has 3 N–H and O–H groups in total. The van der Waals surface area contributed by atoms with E-state index in [9.17, 15) is 0 Å². The highest BCUT2D eigenvalue weighted by molar-refractivity contribution is 14.1. The van der Waals surface area contributed by atoms with Gasteiger partial charge in [-0.3, -0.25) is 0 Å². The van der Waals surface area contributed by atoms with Crippen molar-refractivity contribution in [1.29, 1.82) is 0 Å². The van der Waals surface area contributed by atoms with Crippen LogP contribution in [0.2, 0.25) is 5.02 Å². The van der Waals surface area contributed by atoms with E-state index in [1.165, 1.54) is 0 Å². The van der Waals surface area contributed by atoms with Gasteiger partial charge in [-0.05, 0) is 46.9 Å². The highest BCUT2D eigenvalue weighted by Gasteiger charge is 2.03. The molecule has 3 nitrogen and oxygen atoms in total. The number of fused-ring (bicyclic) bond motifs is 1. The summed E-state index contributed by atoms with van der Waals surface area (Å²) in [4.78, 5) is 4.26. The van der Waals surface area contributed by atoms with E-state index in [1.54, 1.807) is 0 Å². The minimum Gasteiger partial charge on any atom is -0.308 e. The third-order valence-corrected chi connectivity index (χ3v) is 2.77. The van der Waals surface area contributed by atoms with E-state index < -0.39 is 0 Å². The van der Waals surface area contributed by atoms with Crippen molar-refractivity contribution in [2.24, 2.45) is 5.84 Å². The summed E-state index contributed by atoms with van der Waals surface area (Å²) >= 11 is 8.27. The molecule has 0 spiro atoms. The topological polar surface area (TPSA) is 50.9 Å². The maximum Gasteiger partial charge on any atom is 0.140 e. The zero-order valence-electron chi connectivity index (χ0n) is 7.09. The Kier molecular flexibility index (Phi) is 2.76. The second-order valence-electron chi connectivity index (χ2n) is 2.80. The number of aromatic nitrogens is 1. The number of rotatable bonds is 1. The summed E-state index contributed by atoms with van der Waals surface area (Å²) in [6.07, 6.45) is 0. The summed E-state index contributed by atoms with van der Waals surface area (Å²) in [7, 11) is 0. The second kappa shape index (κ2) is 3.88. The highest BCUT2D eigenvalue weighted by Crippen LogP contribution is 2.25. The van der Waals surface area contributed by atoms with Crippen molar-refractivity contribution in [3.05, 3.63) is 32.9 Å². The van der Waals surface area contributed by atoms with Crippen molar-refractivity contribution in [2.75, 3.05) is 5.43 Å². The van der Waals surface area contributed by atoms with Gasteiger partial charge in [0.2, 0.25) is 0 Å². The number of nitrogens with one attached hydrogen (secondary N) is 1. The monoisotopic (exact) mass is 319 g/mol. The molecule has 0 fully saturated rings.